The molecule has 6 heteroatoms. The smallest absolute Gasteiger partial charge is 0.306 e. The van der Waals surface area contributed by atoms with E-state index in [9.17, 15) is 19.8 Å². The fourth-order valence-corrected chi connectivity index (χ4v) is 9.00. The zero-order chi connectivity index (χ0) is 46.7. The minimum absolute atomic E-state index is 0.0737. The summed E-state index contributed by atoms with van der Waals surface area (Å²) in [4.78, 5) is 26.2. The van der Waals surface area contributed by atoms with Crippen molar-refractivity contribution in [1.82, 2.24) is 5.32 Å². The zero-order valence-electron chi connectivity index (χ0n) is 43.2. The Morgan fingerprint density at radius 1 is 0.469 bits per heavy atom. The summed E-state index contributed by atoms with van der Waals surface area (Å²) in [6.07, 6.45) is 61.1. The lowest BCUT2D eigenvalue weighted by molar-refractivity contribution is -0.151. The number of allylic oxidation sites excluding steroid dienone is 4. The second-order valence-electron chi connectivity index (χ2n) is 19.7. The minimum Gasteiger partial charge on any atom is -0.462 e. The van der Waals surface area contributed by atoms with Crippen molar-refractivity contribution in [2.24, 2.45) is 0 Å². The summed E-state index contributed by atoms with van der Waals surface area (Å²) in [6.45, 7) is 6.41. The lowest BCUT2D eigenvalue weighted by atomic mass is 10.0. The maximum atomic E-state index is 13.2. The number of carbonyl (C=O) groups is 2. The van der Waals surface area contributed by atoms with Crippen molar-refractivity contribution in [3.05, 3.63) is 24.3 Å². The number of aliphatic hydroxyl groups excluding tert-OH is 2. The van der Waals surface area contributed by atoms with Gasteiger partial charge in [0.05, 0.1) is 25.2 Å². The second-order valence-corrected chi connectivity index (χ2v) is 19.7. The van der Waals surface area contributed by atoms with Gasteiger partial charge in [0.2, 0.25) is 5.91 Å². The monoisotopic (exact) mass is 902 g/mol. The van der Waals surface area contributed by atoms with Gasteiger partial charge in [-0.15, -0.1) is 0 Å². The summed E-state index contributed by atoms with van der Waals surface area (Å²) in [5.41, 5.74) is 0. The molecule has 0 aromatic rings. The molecule has 0 bridgehead atoms. The van der Waals surface area contributed by atoms with Crippen LogP contribution in [-0.2, 0) is 14.3 Å². The number of nitrogens with one attached hydrogen (secondary N) is 1. The number of hydrogen-bond acceptors (Lipinski definition) is 5. The summed E-state index contributed by atoms with van der Waals surface area (Å²) < 4.78 is 5.95. The molecule has 6 nitrogen and oxygen atoms in total. The average Bonchev–Trinajstić information content (AvgIpc) is 3.29. The van der Waals surface area contributed by atoms with Crippen molar-refractivity contribution >= 4 is 11.9 Å². The van der Waals surface area contributed by atoms with E-state index in [0.717, 1.165) is 70.6 Å². The molecule has 64 heavy (non-hydrogen) atoms. The van der Waals surface area contributed by atoms with E-state index in [1.807, 2.05) is 0 Å². The molecule has 0 saturated heterocycles. The first-order valence-corrected chi connectivity index (χ1v) is 28.6. The predicted molar refractivity (Wildman–Crippen MR) is 278 cm³/mol. The van der Waals surface area contributed by atoms with Crippen LogP contribution in [-0.4, -0.2) is 46.9 Å². The van der Waals surface area contributed by atoms with E-state index in [-0.39, 0.29) is 24.9 Å². The Morgan fingerprint density at radius 3 is 1.27 bits per heavy atom. The average molecular weight is 903 g/mol. The zero-order valence-corrected chi connectivity index (χ0v) is 43.2. The highest BCUT2D eigenvalue weighted by molar-refractivity contribution is 5.77. The van der Waals surface area contributed by atoms with E-state index in [2.05, 4.69) is 50.4 Å². The summed E-state index contributed by atoms with van der Waals surface area (Å²) in [5, 5.41) is 23.8. The van der Waals surface area contributed by atoms with Crippen LogP contribution >= 0.6 is 0 Å². The molecule has 0 aliphatic heterocycles. The van der Waals surface area contributed by atoms with Gasteiger partial charge in [0.25, 0.3) is 0 Å². The molecule has 0 aliphatic rings. The Bertz CT molecular complexity index is 1010. The van der Waals surface area contributed by atoms with Crippen LogP contribution in [0.15, 0.2) is 24.3 Å². The highest BCUT2D eigenvalue weighted by atomic mass is 16.5. The van der Waals surface area contributed by atoms with E-state index in [4.69, 9.17) is 4.74 Å². The fourth-order valence-electron chi connectivity index (χ4n) is 9.00. The number of hydrogen-bond donors (Lipinski definition) is 3. The third kappa shape index (κ3) is 46.9. The number of esters is 1. The van der Waals surface area contributed by atoms with Crippen LogP contribution in [0.25, 0.3) is 0 Å². The Kier molecular flexibility index (Phi) is 51.0. The first-order valence-electron chi connectivity index (χ1n) is 28.6. The summed E-state index contributed by atoms with van der Waals surface area (Å²) in [5.74, 6) is -0.470. The van der Waals surface area contributed by atoms with Gasteiger partial charge in [0.1, 0.15) is 6.10 Å². The maximum absolute atomic E-state index is 13.2. The normalized spacial score (nSPS) is 13.3. The van der Waals surface area contributed by atoms with E-state index in [1.54, 1.807) is 0 Å². The van der Waals surface area contributed by atoms with Crippen LogP contribution in [0.3, 0.4) is 0 Å². The molecule has 378 valence electrons. The van der Waals surface area contributed by atoms with E-state index in [1.165, 1.54) is 193 Å². The van der Waals surface area contributed by atoms with Gasteiger partial charge < -0.3 is 20.3 Å². The molecule has 0 aliphatic carbocycles. The van der Waals surface area contributed by atoms with Crippen molar-refractivity contribution in [3.8, 4) is 0 Å². The van der Waals surface area contributed by atoms with Gasteiger partial charge in [0.15, 0.2) is 0 Å². The Morgan fingerprint density at radius 2 is 0.844 bits per heavy atom. The van der Waals surface area contributed by atoms with Crippen molar-refractivity contribution in [2.75, 3.05) is 6.61 Å². The van der Waals surface area contributed by atoms with Crippen LogP contribution in [0, 0.1) is 0 Å². The standard InChI is InChI=1S/C58H111NO5/c1-4-7-10-13-16-19-22-25-27-28-29-30-31-33-36-39-42-45-48-51-58(63)64-54(49-46-43-40-37-34-24-21-18-15-12-9-6-3)52-57(62)59-55(53-60)56(61)50-47-44-41-38-35-32-26-23-20-17-14-11-8-5-2/h9,12,18,21,54-56,60-61H,4-8,10-11,13-17,19-20,22-53H2,1-3H3,(H,59,62)/b12-9+,21-18+. The summed E-state index contributed by atoms with van der Waals surface area (Å²) in [6, 6.07) is -0.702. The highest BCUT2D eigenvalue weighted by Gasteiger charge is 2.24. The molecular formula is C58H111NO5. The fraction of sp³-hybridized carbons (Fsp3) is 0.897. The molecule has 0 radical (unpaired) electrons. The molecule has 0 heterocycles. The molecule has 0 aromatic heterocycles. The Hall–Kier alpha value is -1.66. The van der Waals surface area contributed by atoms with E-state index >= 15 is 0 Å². The van der Waals surface area contributed by atoms with Crippen molar-refractivity contribution < 1.29 is 24.5 Å². The molecule has 0 aromatic carbocycles. The van der Waals surface area contributed by atoms with Crippen LogP contribution < -0.4 is 5.32 Å². The van der Waals surface area contributed by atoms with Gasteiger partial charge in [-0.3, -0.25) is 9.59 Å². The molecular weight excluding hydrogens is 791 g/mol. The highest BCUT2D eigenvalue weighted by Crippen LogP contribution is 2.19. The topological polar surface area (TPSA) is 95.9 Å². The number of amides is 1. The predicted octanol–water partition coefficient (Wildman–Crippen LogP) is 17.5. The summed E-state index contributed by atoms with van der Waals surface area (Å²) >= 11 is 0. The third-order valence-electron chi connectivity index (χ3n) is 13.3. The molecule has 3 N–H and O–H groups in total. The molecule has 0 fully saturated rings. The van der Waals surface area contributed by atoms with Gasteiger partial charge in [-0.25, -0.2) is 0 Å². The lowest BCUT2D eigenvalue weighted by Crippen LogP contribution is -2.46. The number of rotatable bonds is 52. The quantitative estimate of drug-likeness (QED) is 0.0321. The number of ether oxygens (including phenoxy) is 1. The first kappa shape index (κ1) is 62.3. The number of aliphatic hydroxyl groups is 2. The van der Waals surface area contributed by atoms with Crippen molar-refractivity contribution in [1.29, 1.82) is 0 Å². The summed E-state index contributed by atoms with van der Waals surface area (Å²) in [7, 11) is 0. The molecule has 0 spiro atoms. The molecule has 0 rings (SSSR count). The van der Waals surface area contributed by atoms with Crippen molar-refractivity contribution in [3.63, 3.8) is 0 Å². The Labute approximate surface area is 399 Å². The van der Waals surface area contributed by atoms with E-state index < -0.39 is 18.2 Å². The van der Waals surface area contributed by atoms with E-state index in [0.29, 0.717) is 19.3 Å². The molecule has 0 saturated carbocycles. The molecule has 3 unspecified atom stereocenters. The SMILES string of the molecule is CC/C=C/C/C=C/CCCCCCCC(CC(=O)NC(CO)C(O)CCCCCCCCCCCCCCCC)OC(=O)CCCCCCCCCCCCCCCCCCCCC. The Balaban J connectivity index is 4.45. The third-order valence-corrected chi connectivity index (χ3v) is 13.3. The maximum Gasteiger partial charge on any atom is 0.306 e. The largest absolute Gasteiger partial charge is 0.462 e. The number of unbranched alkanes of at least 4 members (excludes halogenated alkanes) is 36. The van der Waals surface area contributed by atoms with Crippen LogP contribution in [0.1, 0.15) is 310 Å². The van der Waals surface area contributed by atoms with Gasteiger partial charge in [0, 0.05) is 6.42 Å². The van der Waals surface area contributed by atoms with Gasteiger partial charge in [-0.05, 0) is 51.4 Å². The molecule has 3 atom stereocenters. The van der Waals surface area contributed by atoms with Crippen molar-refractivity contribution in [2.45, 2.75) is 328 Å². The second kappa shape index (κ2) is 52.3. The first-order chi connectivity index (χ1) is 31.5. The van der Waals surface area contributed by atoms with Crippen LogP contribution in [0.4, 0.5) is 0 Å². The lowest BCUT2D eigenvalue weighted by Gasteiger charge is -2.24. The van der Waals surface area contributed by atoms with Crippen LogP contribution in [0.5, 0.6) is 0 Å². The van der Waals surface area contributed by atoms with Gasteiger partial charge in [-0.2, -0.15) is 0 Å². The minimum atomic E-state index is -0.788. The number of carbonyl (C=O) groups excluding carboxylic acids is 2. The van der Waals surface area contributed by atoms with Gasteiger partial charge in [-0.1, -0.05) is 270 Å². The molecule has 1 amide bonds. The van der Waals surface area contributed by atoms with Crippen LogP contribution in [0.2, 0.25) is 0 Å². The van der Waals surface area contributed by atoms with Gasteiger partial charge >= 0.3 is 5.97 Å².